The Labute approximate surface area is 85.2 Å². The van der Waals surface area contributed by atoms with Crippen molar-refractivity contribution < 1.29 is 19.2 Å². The standard InChI is InChI=1S/C10H7NO4/c1-6(12)15-11-9(13)7-4-2-3-5-8(7)10(11)14/h2-5H,1H3. The van der Waals surface area contributed by atoms with Gasteiger partial charge in [0.15, 0.2) is 0 Å². The number of fused-ring (bicyclic) bond motifs is 1. The first kappa shape index (κ1) is 9.39. The van der Waals surface area contributed by atoms with Gasteiger partial charge in [-0.05, 0) is 12.1 Å². The number of hydrogen-bond acceptors (Lipinski definition) is 4. The van der Waals surface area contributed by atoms with Crippen LogP contribution in [0.1, 0.15) is 27.6 Å². The monoisotopic (exact) mass is 205 g/mol. The number of carbonyl (C=O) groups excluding carboxylic acids is 3. The fourth-order valence-corrected chi connectivity index (χ4v) is 1.38. The molecule has 5 heteroatoms. The van der Waals surface area contributed by atoms with Gasteiger partial charge >= 0.3 is 5.97 Å². The molecule has 1 heterocycles. The number of nitrogens with zero attached hydrogens (tertiary/aromatic N) is 1. The Kier molecular flexibility index (Phi) is 2.00. The Hall–Kier alpha value is -2.17. The van der Waals surface area contributed by atoms with Crippen LogP contribution in [0.15, 0.2) is 24.3 Å². The van der Waals surface area contributed by atoms with Crippen molar-refractivity contribution in [3.63, 3.8) is 0 Å². The van der Waals surface area contributed by atoms with Gasteiger partial charge in [0.1, 0.15) is 0 Å². The van der Waals surface area contributed by atoms with Crippen LogP contribution in [0.3, 0.4) is 0 Å². The van der Waals surface area contributed by atoms with Crippen molar-refractivity contribution in [2.24, 2.45) is 0 Å². The minimum Gasteiger partial charge on any atom is -0.330 e. The molecule has 0 radical (unpaired) electrons. The van der Waals surface area contributed by atoms with Crippen molar-refractivity contribution in [3.05, 3.63) is 35.4 Å². The molecule has 1 aliphatic rings. The highest BCUT2D eigenvalue weighted by atomic mass is 16.7. The number of amides is 2. The van der Waals surface area contributed by atoms with Crippen molar-refractivity contribution in [2.45, 2.75) is 6.92 Å². The summed E-state index contributed by atoms with van der Waals surface area (Å²) in [6, 6.07) is 6.31. The lowest BCUT2D eigenvalue weighted by atomic mass is 10.1. The number of rotatable bonds is 1. The molecule has 0 saturated carbocycles. The van der Waals surface area contributed by atoms with Crippen molar-refractivity contribution >= 4 is 17.8 Å². The molecule has 0 fully saturated rings. The first-order chi connectivity index (χ1) is 7.11. The molecule has 1 aromatic carbocycles. The van der Waals surface area contributed by atoms with Crippen LogP contribution >= 0.6 is 0 Å². The lowest BCUT2D eigenvalue weighted by molar-refractivity contribution is -0.165. The van der Waals surface area contributed by atoms with Gasteiger partial charge in [-0.1, -0.05) is 17.2 Å². The predicted octanol–water partition coefficient (Wildman–Crippen LogP) is 0.761. The van der Waals surface area contributed by atoms with Gasteiger partial charge in [-0.25, -0.2) is 4.79 Å². The summed E-state index contributed by atoms with van der Waals surface area (Å²) >= 11 is 0. The summed E-state index contributed by atoms with van der Waals surface area (Å²) in [6.45, 7) is 1.13. The molecule has 2 rings (SSSR count). The van der Waals surface area contributed by atoms with E-state index < -0.39 is 17.8 Å². The number of benzene rings is 1. The Morgan fingerprint density at radius 3 is 2.00 bits per heavy atom. The molecular weight excluding hydrogens is 198 g/mol. The van der Waals surface area contributed by atoms with Gasteiger partial charge < -0.3 is 4.84 Å². The lowest BCUT2D eigenvalue weighted by Crippen LogP contribution is -2.31. The first-order valence-corrected chi connectivity index (χ1v) is 4.27. The highest BCUT2D eigenvalue weighted by molar-refractivity contribution is 6.20. The molecular formula is C10H7NO4. The lowest BCUT2D eigenvalue weighted by Gasteiger charge is -2.10. The number of hydroxylamine groups is 2. The van der Waals surface area contributed by atoms with E-state index in [-0.39, 0.29) is 11.1 Å². The Balaban J connectivity index is 2.41. The normalized spacial score (nSPS) is 14.1. The second-order valence-electron chi connectivity index (χ2n) is 3.03. The molecule has 0 N–H and O–H groups in total. The summed E-state index contributed by atoms with van der Waals surface area (Å²) < 4.78 is 0. The van der Waals surface area contributed by atoms with Crippen LogP contribution < -0.4 is 0 Å². The molecule has 1 aromatic rings. The van der Waals surface area contributed by atoms with Crippen molar-refractivity contribution in [1.29, 1.82) is 0 Å². The van der Waals surface area contributed by atoms with Crippen LogP contribution in [0.25, 0.3) is 0 Å². The third kappa shape index (κ3) is 1.38. The molecule has 0 aromatic heterocycles. The maximum absolute atomic E-state index is 11.6. The maximum atomic E-state index is 11.6. The second kappa shape index (κ2) is 3.20. The van der Waals surface area contributed by atoms with Gasteiger partial charge in [-0.3, -0.25) is 9.59 Å². The summed E-state index contributed by atoms with van der Waals surface area (Å²) in [4.78, 5) is 38.3. The molecule has 0 spiro atoms. The molecule has 0 saturated heterocycles. The van der Waals surface area contributed by atoms with E-state index in [0.29, 0.717) is 5.06 Å². The molecule has 1 aliphatic heterocycles. The topological polar surface area (TPSA) is 63.7 Å². The van der Waals surface area contributed by atoms with Gasteiger partial charge in [0.25, 0.3) is 11.8 Å². The van der Waals surface area contributed by atoms with E-state index in [2.05, 4.69) is 4.84 Å². The zero-order valence-corrected chi connectivity index (χ0v) is 7.89. The Bertz CT molecular complexity index is 431. The van der Waals surface area contributed by atoms with Gasteiger partial charge in [-0.15, -0.1) is 0 Å². The van der Waals surface area contributed by atoms with E-state index in [0.717, 1.165) is 6.92 Å². The average molecular weight is 205 g/mol. The predicted molar refractivity (Wildman–Crippen MR) is 48.7 cm³/mol. The molecule has 0 unspecified atom stereocenters. The minimum absolute atomic E-state index is 0.253. The molecule has 2 amide bonds. The SMILES string of the molecule is CC(=O)ON1C(=O)c2ccccc2C1=O. The summed E-state index contributed by atoms with van der Waals surface area (Å²) in [7, 11) is 0. The van der Waals surface area contributed by atoms with E-state index in [1.165, 1.54) is 12.1 Å². The fourth-order valence-electron chi connectivity index (χ4n) is 1.38. The van der Waals surface area contributed by atoms with Crippen LogP contribution in [0.4, 0.5) is 0 Å². The van der Waals surface area contributed by atoms with Gasteiger partial charge in [0, 0.05) is 6.92 Å². The highest BCUT2D eigenvalue weighted by Crippen LogP contribution is 2.22. The van der Waals surface area contributed by atoms with Gasteiger partial charge in [-0.2, -0.15) is 0 Å². The minimum atomic E-state index is -0.704. The summed E-state index contributed by atoms with van der Waals surface area (Å²) in [5, 5.41) is 0.479. The summed E-state index contributed by atoms with van der Waals surface area (Å²) in [6.07, 6.45) is 0. The largest absolute Gasteiger partial charge is 0.330 e. The van der Waals surface area contributed by atoms with Crippen molar-refractivity contribution in [1.82, 2.24) is 5.06 Å². The van der Waals surface area contributed by atoms with Gasteiger partial charge in [0.05, 0.1) is 11.1 Å². The van der Waals surface area contributed by atoms with Gasteiger partial charge in [0.2, 0.25) is 0 Å². The maximum Gasteiger partial charge on any atom is 0.330 e. The highest BCUT2D eigenvalue weighted by Gasteiger charge is 2.37. The fraction of sp³-hybridized carbons (Fsp3) is 0.100. The average Bonchev–Trinajstić information content (AvgIpc) is 2.44. The van der Waals surface area contributed by atoms with Crippen LogP contribution in [0, 0.1) is 0 Å². The second-order valence-corrected chi connectivity index (χ2v) is 3.03. The van der Waals surface area contributed by atoms with Crippen LogP contribution in [-0.4, -0.2) is 22.8 Å². The van der Waals surface area contributed by atoms with Crippen molar-refractivity contribution in [3.8, 4) is 0 Å². The summed E-state index contributed by atoms with van der Waals surface area (Å²) in [5.74, 6) is -1.92. The Morgan fingerprint density at radius 2 is 1.60 bits per heavy atom. The van der Waals surface area contributed by atoms with E-state index in [1.807, 2.05) is 0 Å². The number of hydrogen-bond donors (Lipinski definition) is 0. The Morgan fingerprint density at radius 1 is 1.13 bits per heavy atom. The third-order valence-electron chi connectivity index (χ3n) is 1.98. The third-order valence-corrected chi connectivity index (χ3v) is 1.98. The number of carbonyl (C=O) groups is 3. The molecule has 5 nitrogen and oxygen atoms in total. The smallest absolute Gasteiger partial charge is 0.330 e. The van der Waals surface area contributed by atoms with Crippen LogP contribution in [0.5, 0.6) is 0 Å². The molecule has 0 bridgehead atoms. The first-order valence-electron chi connectivity index (χ1n) is 4.27. The van der Waals surface area contributed by atoms with Crippen LogP contribution in [0.2, 0.25) is 0 Å². The van der Waals surface area contributed by atoms with E-state index in [1.54, 1.807) is 12.1 Å². The van der Waals surface area contributed by atoms with E-state index >= 15 is 0 Å². The molecule has 76 valence electrons. The zero-order valence-electron chi connectivity index (χ0n) is 7.89. The zero-order chi connectivity index (χ0) is 11.0. The molecule has 0 atom stereocenters. The summed E-state index contributed by atoms with van der Waals surface area (Å²) in [5.41, 5.74) is 0.507. The van der Waals surface area contributed by atoms with E-state index in [4.69, 9.17) is 0 Å². The quantitative estimate of drug-likeness (QED) is 0.635. The van der Waals surface area contributed by atoms with Crippen LogP contribution in [-0.2, 0) is 9.63 Å². The van der Waals surface area contributed by atoms with E-state index in [9.17, 15) is 14.4 Å². The molecule has 15 heavy (non-hydrogen) atoms. The molecule has 0 aliphatic carbocycles. The van der Waals surface area contributed by atoms with Crippen molar-refractivity contribution in [2.75, 3.05) is 0 Å². The number of imide groups is 1.